The summed E-state index contributed by atoms with van der Waals surface area (Å²) in [4.78, 5) is 30.7. The van der Waals surface area contributed by atoms with Crippen LogP contribution < -0.4 is 9.47 Å². The van der Waals surface area contributed by atoms with Crippen LogP contribution in [0, 0.1) is 0 Å². The highest BCUT2D eigenvalue weighted by Gasteiger charge is 2.46. The molecule has 2 saturated heterocycles. The smallest absolute Gasteiger partial charge is 0.295 e. The second-order valence-electron chi connectivity index (χ2n) is 10.5. The van der Waals surface area contributed by atoms with Crippen molar-refractivity contribution >= 4 is 17.4 Å². The number of nitrogens with zero attached hydrogens (tertiary/aromatic N) is 2. The molecule has 0 bridgehead atoms. The van der Waals surface area contributed by atoms with Crippen LogP contribution >= 0.6 is 0 Å². The normalized spacial score (nSPS) is 22.7. The van der Waals surface area contributed by atoms with E-state index in [0.717, 1.165) is 67.9 Å². The van der Waals surface area contributed by atoms with Crippen molar-refractivity contribution in [3.05, 3.63) is 64.7 Å². The number of hydrogen-bond acceptors (Lipinski definition) is 7. The maximum Gasteiger partial charge on any atom is 0.295 e. The van der Waals surface area contributed by atoms with Crippen LogP contribution in [-0.2, 0) is 20.7 Å². The molecular weight excluding hydrogens is 496 g/mol. The molecule has 3 heterocycles. The van der Waals surface area contributed by atoms with E-state index in [9.17, 15) is 14.7 Å². The Hall–Kier alpha value is -3.36. The third kappa shape index (κ3) is 5.97. The Balaban J connectivity index is 1.45. The lowest BCUT2D eigenvalue weighted by atomic mass is 9.94. The largest absolute Gasteiger partial charge is 0.507 e. The Morgan fingerprint density at radius 2 is 1.82 bits per heavy atom. The second-order valence-corrected chi connectivity index (χ2v) is 10.5. The molecule has 39 heavy (non-hydrogen) atoms. The number of ketones is 1. The average molecular weight is 535 g/mol. The van der Waals surface area contributed by atoms with Gasteiger partial charge in [0.05, 0.1) is 31.4 Å². The molecule has 8 nitrogen and oxygen atoms in total. The molecule has 0 aliphatic carbocycles. The second kappa shape index (κ2) is 12.2. The number of aliphatic hydroxyl groups excluding tert-OH is 1. The number of carbonyl (C=O) groups is 2. The van der Waals surface area contributed by atoms with E-state index in [2.05, 4.69) is 11.8 Å². The van der Waals surface area contributed by atoms with Crippen LogP contribution in [0.3, 0.4) is 0 Å². The number of ether oxygens (including phenoxy) is 3. The molecule has 1 amide bonds. The van der Waals surface area contributed by atoms with Crippen molar-refractivity contribution in [3.63, 3.8) is 0 Å². The summed E-state index contributed by atoms with van der Waals surface area (Å²) >= 11 is 0. The van der Waals surface area contributed by atoms with Gasteiger partial charge in [-0.2, -0.15) is 0 Å². The van der Waals surface area contributed by atoms with Crippen molar-refractivity contribution < 1.29 is 28.9 Å². The van der Waals surface area contributed by atoms with Gasteiger partial charge in [0.2, 0.25) is 0 Å². The first kappa shape index (κ1) is 27.2. The number of carbonyl (C=O) groups excluding carboxylic acids is 2. The minimum absolute atomic E-state index is 0.0625. The van der Waals surface area contributed by atoms with Gasteiger partial charge in [0.15, 0.2) is 0 Å². The molecule has 3 aliphatic rings. The highest BCUT2D eigenvalue weighted by Crippen LogP contribution is 2.41. The Morgan fingerprint density at radius 3 is 2.56 bits per heavy atom. The monoisotopic (exact) mass is 534 g/mol. The van der Waals surface area contributed by atoms with Gasteiger partial charge in [-0.1, -0.05) is 25.5 Å². The van der Waals surface area contributed by atoms with Crippen LogP contribution in [-0.4, -0.2) is 78.7 Å². The van der Waals surface area contributed by atoms with E-state index in [4.69, 9.17) is 14.2 Å². The standard InChI is InChI=1S/C31H38N2O6/c1-3-4-16-38-25-9-6-22(7-10-25)28-27(29(34)23-8-11-26-24(20-23)19-21(2)39-26)30(35)31(36)33(28)13-5-12-32-14-17-37-18-15-32/h6-11,20-21,28,34H,3-5,12-19H2,1-2H3/b29-27+. The van der Waals surface area contributed by atoms with Crippen LogP contribution in [0.2, 0.25) is 0 Å². The van der Waals surface area contributed by atoms with E-state index in [1.54, 1.807) is 11.0 Å². The number of amides is 1. The van der Waals surface area contributed by atoms with Crippen molar-refractivity contribution in [1.82, 2.24) is 9.80 Å². The van der Waals surface area contributed by atoms with Crippen molar-refractivity contribution in [2.24, 2.45) is 0 Å². The van der Waals surface area contributed by atoms with Gasteiger partial charge in [-0.15, -0.1) is 0 Å². The van der Waals surface area contributed by atoms with Gasteiger partial charge in [-0.3, -0.25) is 14.5 Å². The minimum Gasteiger partial charge on any atom is -0.507 e. The lowest BCUT2D eigenvalue weighted by Crippen LogP contribution is -2.38. The quantitative estimate of drug-likeness (QED) is 0.210. The number of rotatable bonds is 10. The van der Waals surface area contributed by atoms with E-state index in [1.165, 1.54) is 0 Å². The van der Waals surface area contributed by atoms with Gasteiger partial charge in [-0.05, 0) is 61.2 Å². The molecule has 2 unspecified atom stereocenters. The molecule has 1 N–H and O–H groups in total. The highest BCUT2D eigenvalue weighted by molar-refractivity contribution is 6.46. The van der Waals surface area contributed by atoms with E-state index >= 15 is 0 Å². The number of fused-ring (bicyclic) bond motifs is 1. The molecule has 3 aliphatic heterocycles. The number of Topliss-reactive ketones (excluding diaryl/α,β-unsaturated/α-hetero) is 1. The maximum atomic E-state index is 13.4. The summed E-state index contributed by atoms with van der Waals surface area (Å²) in [7, 11) is 0. The number of hydrogen-bond donors (Lipinski definition) is 1. The molecule has 2 atom stereocenters. The zero-order valence-electron chi connectivity index (χ0n) is 22.9. The first-order valence-electron chi connectivity index (χ1n) is 14.1. The minimum atomic E-state index is -0.678. The number of benzene rings is 2. The molecule has 0 aromatic heterocycles. The zero-order chi connectivity index (χ0) is 27.4. The van der Waals surface area contributed by atoms with E-state index in [1.807, 2.05) is 43.3 Å². The number of likely N-dealkylation sites (tertiary alicyclic amines) is 1. The fourth-order valence-electron chi connectivity index (χ4n) is 5.55. The topological polar surface area (TPSA) is 88.5 Å². The molecule has 0 radical (unpaired) electrons. The number of morpholine rings is 1. The Labute approximate surface area is 230 Å². The summed E-state index contributed by atoms with van der Waals surface area (Å²) in [5.74, 6) is 0.142. The highest BCUT2D eigenvalue weighted by atomic mass is 16.5. The van der Waals surface area contributed by atoms with Crippen molar-refractivity contribution in [2.75, 3.05) is 46.0 Å². The molecule has 5 rings (SSSR count). The molecule has 0 spiro atoms. The van der Waals surface area contributed by atoms with Crippen LogP contribution in [0.4, 0.5) is 0 Å². The van der Waals surface area contributed by atoms with Crippen molar-refractivity contribution in [2.45, 2.75) is 51.7 Å². The van der Waals surface area contributed by atoms with E-state index in [0.29, 0.717) is 31.9 Å². The summed E-state index contributed by atoms with van der Waals surface area (Å²) in [6.07, 6.45) is 3.53. The van der Waals surface area contributed by atoms with Gasteiger partial charge in [0.25, 0.3) is 11.7 Å². The predicted octanol–water partition coefficient (Wildman–Crippen LogP) is 4.33. The molecule has 2 aromatic rings. The van der Waals surface area contributed by atoms with Gasteiger partial charge in [0, 0.05) is 38.2 Å². The lowest BCUT2D eigenvalue weighted by molar-refractivity contribution is -0.140. The summed E-state index contributed by atoms with van der Waals surface area (Å²) in [5.41, 5.74) is 2.39. The van der Waals surface area contributed by atoms with Gasteiger partial charge >= 0.3 is 0 Å². The van der Waals surface area contributed by atoms with E-state index in [-0.39, 0.29) is 17.4 Å². The fraction of sp³-hybridized carbons (Fsp3) is 0.484. The van der Waals surface area contributed by atoms with Gasteiger partial charge in [-0.25, -0.2) is 0 Å². The first-order valence-corrected chi connectivity index (χ1v) is 14.1. The lowest BCUT2D eigenvalue weighted by Gasteiger charge is -2.29. The molecule has 2 aromatic carbocycles. The number of unbranched alkanes of at least 4 members (excludes halogenated alkanes) is 1. The molecular formula is C31H38N2O6. The fourth-order valence-corrected chi connectivity index (χ4v) is 5.55. The number of aliphatic hydroxyl groups is 1. The summed E-state index contributed by atoms with van der Waals surface area (Å²) < 4.78 is 17.1. The Bertz CT molecular complexity index is 1220. The molecule has 208 valence electrons. The van der Waals surface area contributed by atoms with Crippen LogP contribution in [0.5, 0.6) is 11.5 Å². The molecule has 8 heteroatoms. The Kier molecular flexibility index (Phi) is 8.53. The SMILES string of the molecule is CCCCOc1ccc(C2/C(=C(\O)c3ccc4c(c3)CC(C)O4)C(=O)C(=O)N2CCCN2CCOCC2)cc1. The van der Waals surface area contributed by atoms with Gasteiger partial charge < -0.3 is 24.2 Å². The summed E-state index contributed by atoms with van der Waals surface area (Å²) in [5, 5.41) is 11.5. The van der Waals surface area contributed by atoms with E-state index < -0.39 is 17.7 Å². The third-order valence-electron chi connectivity index (χ3n) is 7.65. The molecule has 0 saturated carbocycles. The van der Waals surface area contributed by atoms with Crippen molar-refractivity contribution in [3.8, 4) is 11.5 Å². The maximum absolute atomic E-state index is 13.4. The average Bonchev–Trinajstić information content (AvgIpc) is 3.45. The zero-order valence-corrected chi connectivity index (χ0v) is 22.9. The first-order chi connectivity index (χ1) is 19.0. The van der Waals surface area contributed by atoms with Gasteiger partial charge in [0.1, 0.15) is 23.4 Å². The van der Waals surface area contributed by atoms with Crippen LogP contribution in [0.25, 0.3) is 5.76 Å². The summed E-state index contributed by atoms with van der Waals surface area (Å²) in [6, 6.07) is 12.3. The summed E-state index contributed by atoms with van der Waals surface area (Å²) in [6.45, 7) is 9.12. The van der Waals surface area contributed by atoms with Crippen LogP contribution in [0.1, 0.15) is 55.8 Å². The van der Waals surface area contributed by atoms with Crippen LogP contribution in [0.15, 0.2) is 48.0 Å². The van der Waals surface area contributed by atoms with Crippen molar-refractivity contribution in [1.29, 1.82) is 0 Å². The predicted molar refractivity (Wildman–Crippen MR) is 148 cm³/mol. The Morgan fingerprint density at radius 1 is 1.05 bits per heavy atom. The third-order valence-corrected chi connectivity index (χ3v) is 7.65. The molecule has 2 fully saturated rings.